The molecule has 2 bridgehead atoms. The van der Waals surface area contributed by atoms with E-state index in [0.717, 1.165) is 17.0 Å². The number of hydrogen-bond donors (Lipinski definition) is 1. The highest BCUT2D eigenvalue weighted by molar-refractivity contribution is 6.23. The van der Waals surface area contributed by atoms with Crippen molar-refractivity contribution in [3.8, 4) is 6.07 Å². The van der Waals surface area contributed by atoms with Crippen LogP contribution in [0.25, 0.3) is 0 Å². The Kier molecular flexibility index (Phi) is 4.78. The quantitative estimate of drug-likeness (QED) is 0.697. The van der Waals surface area contributed by atoms with E-state index in [0.29, 0.717) is 12.6 Å². The third-order valence-electron chi connectivity index (χ3n) is 6.40. The summed E-state index contributed by atoms with van der Waals surface area (Å²) in [7, 11) is 0. The lowest BCUT2D eigenvalue weighted by molar-refractivity contribution is -0.161. The molecular weight excluding hydrogens is 429 g/mol. The Balaban J connectivity index is 1.73. The number of morpholine rings is 1. The highest BCUT2D eigenvalue weighted by Crippen LogP contribution is 2.55. The van der Waals surface area contributed by atoms with Gasteiger partial charge in [0, 0.05) is 6.54 Å². The van der Waals surface area contributed by atoms with Gasteiger partial charge in [-0.25, -0.2) is 9.69 Å². The summed E-state index contributed by atoms with van der Waals surface area (Å²) in [6, 6.07) is 3.90. The van der Waals surface area contributed by atoms with E-state index in [1.54, 1.807) is 20.8 Å². The molecule has 3 aliphatic heterocycles. The van der Waals surface area contributed by atoms with Crippen molar-refractivity contribution in [2.45, 2.75) is 38.1 Å². The number of urea groups is 1. The molecule has 3 aliphatic rings. The molecule has 0 saturated carbocycles. The summed E-state index contributed by atoms with van der Waals surface area (Å²) in [6.45, 7) is 5.56. The summed E-state index contributed by atoms with van der Waals surface area (Å²) in [4.78, 5) is 41.4. The van der Waals surface area contributed by atoms with E-state index >= 15 is 0 Å². The maximum absolute atomic E-state index is 13.4. The van der Waals surface area contributed by atoms with Crippen LogP contribution in [-0.2, 0) is 20.5 Å². The molecule has 11 heteroatoms. The SMILES string of the molecule is CCNC(=O)N1CC2(C)OC(C)(C1)C1C(=O)N(c3ccc(C#N)c(C(F)(F)F)c3)C(=O)C12. The Morgan fingerprint density at radius 2 is 1.78 bits per heavy atom. The number of halogens is 3. The standard InChI is InChI=1S/C21H21F3N4O4/c1-4-26-18(31)27-9-19(2)14-15(20(3,10-27)32-19)17(30)28(16(14)29)12-6-5-11(8-25)13(7-12)21(22,23)24/h5-7,14-15H,4,9-10H2,1-3H3,(H,26,31). The molecule has 3 fully saturated rings. The molecular formula is C21H21F3N4O4. The van der Waals surface area contributed by atoms with Gasteiger partial charge in [-0.1, -0.05) is 0 Å². The van der Waals surface area contributed by atoms with Crippen LogP contribution in [0.4, 0.5) is 23.7 Å². The van der Waals surface area contributed by atoms with Gasteiger partial charge in [0.05, 0.1) is 59.0 Å². The summed E-state index contributed by atoms with van der Waals surface area (Å²) in [5.74, 6) is -3.27. The lowest BCUT2D eigenvalue weighted by atomic mass is 9.79. The molecule has 32 heavy (non-hydrogen) atoms. The van der Waals surface area contributed by atoms with Crippen LogP contribution < -0.4 is 10.2 Å². The van der Waals surface area contributed by atoms with E-state index in [2.05, 4.69) is 5.32 Å². The van der Waals surface area contributed by atoms with Gasteiger partial charge in [-0.3, -0.25) is 9.59 Å². The van der Waals surface area contributed by atoms with Crippen molar-refractivity contribution in [1.29, 1.82) is 5.26 Å². The van der Waals surface area contributed by atoms with E-state index in [9.17, 15) is 27.6 Å². The molecule has 4 unspecified atom stereocenters. The number of alkyl halides is 3. The van der Waals surface area contributed by atoms with Crippen LogP contribution in [0.2, 0.25) is 0 Å². The summed E-state index contributed by atoms with van der Waals surface area (Å²) in [5, 5.41) is 11.7. The number of ether oxygens (including phenoxy) is 1. The number of nitrogens with zero attached hydrogens (tertiary/aromatic N) is 3. The predicted molar refractivity (Wildman–Crippen MR) is 104 cm³/mol. The maximum Gasteiger partial charge on any atom is 0.417 e. The molecule has 0 aromatic heterocycles. The highest BCUT2D eigenvalue weighted by atomic mass is 19.4. The van der Waals surface area contributed by atoms with Crippen molar-refractivity contribution >= 4 is 23.5 Å². The fourth-order valence-corrected chi connectivity index (χ4v) is 5.30. The maximum atomic E-state index is 13.4. The fourth-order valence-electron chi connectivity index (χ4n) is 5.30. The van der Waals surface area contributed by atoms with Gasteiger partial charge < -0.3 is 15.0 Å². The normalized spacial score (nSPS) is 31.5. The molecule has 4 atom stereocenters. The summed E-state index contributed by atoms with van der Waals surface area (Å²) >= 11 is 0. The van der Waals surface area contributed by atoms with Gasteiger partial charge in [0.2, 0.25) is 11.8 Å². The molecule has 0 spiro atoms. The highest BCUT2D eigenvalue weighted by Gasteiger charge is 2.72. The average molecular weight is 450 g/mol. The van der Waals surface area contributed by atoms with Gasteiger partial charge in [-0.05, 0) is 39.0 Å². The monoisotopic (exact) mass is 450 g/mol. The summed E-state index contributed by atoms with van der Waals surface area (Å²) in [5.41, 5.74) is -4.41. The number of carbonyl (C=O) groups is 3. The van der Waals surface area contributed by atoms with Crippen molar-refractivity contribution in [1.82, 2.24) is 10.2 Å². The van der Waals surface area contributed by atoms with E-state index < -0.39 is 52.2 Å². The van der Waals surface area contributed by atoms with Crippen molar-refractivity contribution in [3.63, 3.8) is 0 Å². The van der Waals surface area contributed by atoms with Gasteiger partial charge in [-0.2, -0.15) is 18.4 Å². The van der Waals surface area contributed by atoms with Crippen molar-refractivity contribution < 1.29 is 32.3 Å². The smallest absolute Gasteiger partial charge is 0.364 e. The Labute approximate surface area is 181 Å². The minimum Gasteiger partial charge on any atom is -0.364 e. The number of likely N-dealkylation sites (tertiary alicyclic amines) is 1. The molecule has 1 aromatic carbocycles. The number of imide groups is 1. The van der Waals surface area contributed by atoms with Crippen LogP contribution in [-0.4, -0.2) is 53.6 Å². The Morgan fingerprint density at radius 3 is 2.25 bits per heavy atom. The third kappa shape index (κ3) is 3.04. The van der Waals surface area contributed by atoms with Crippen molar-refractivity contribution in [2.24, 2.45) is 11.8 Å². The van der Waals surface area contributed by atoms with Crippen LogP contribution >= 0.6 is 0 Å². The zero-order valence-electron chi connectivity index (χ0n) is 17.6. The molecule has 8 nitrogen and oxygen atoms in total. The molecule has 4 amide bonds. The topological polar surface area (TPSA) is 103 Å². The summed E-state index contributed by atoms with van der Waals surface area (Å²) < 4.78 is 46.4. The molecule has 1 aromatic rings. The Hall–Kier alpha value is -3.13. The molecule has 3 saturated heterocycles. The minimum atomic E-state index is -4.83. The van der Waals surface area contributed by atoms with E-state index in [1.165, 1.54) is 11.0 Å². The van der Waals surface area contributed by atoms with Crippen molar-refractivity contribution in [3.05, 3.63) is 29.3 Å². The molecule has 4 rings (SSSR count). The minimum absolute atomic E-state index is 0.0591. The van der Waals surface area contributed by atoms with Crippen LogP contribution in [0.15, 0.2) is 18.2 Å². The second-order valence-electron chi connectivity index (χ2n) is 8.73. The second kappa shape index (κ2) is 6.93. The first-order valence-electron chi connectivity index (χ1n) is 10.1. The van der Waals surface area contributed by atoms with E-state index in [1.807, 2.05) is 0 Å². The van der Waals surface area contributed by atoms with Gasteiger partial charge in [0.15, 0.2) is 0 Å². The molecule has 0 radical (unpaired) electrons. The third-order valence-corrected chi connectivity index (χ3v) is 6.40. The average Bonchev–Trinajstić information content (AvgIpc) is 3.07. The van der Waals surface area contributed by atoms with Gasteiger partial charge >= 0.3 is 12.2 Å². The number of anilines is 1. The largest absolute Gasteiger partial charge is 0.417 e. The first-order valence-corrected chi connectivity index (χ1v) is 10.1. The number of carbonyl (C=O) groups excluding carboxylic acids is 3. The number of benzene rings is 1. The molecule has 170 valence electrons. The number of fused-ring (bicyclic) bond motifs is 5. The molecule has 3 heterocycles. The first-order chi connectivity index (χ1) is 14.9. The second-order valence-corrected chi connectivity index (χ2v) is 8.73. The number of nitriles is 1. The van der Waals surface area contributed by atoms with Crippen LogP contribution in [0.3, 0.4) is 0 Å². The molecule has 0 aliphatic carbocycles. The zero-order chi connectivity index (χ0) is 23.6. The Bertz CT molecular complexity index is 1030. The van der Waals surface area contributed by atoms with E-state index in [-0.39, 0.29) is 24.8 Å². The lowest BCUT2D eigenvalue weighted by Gasteiger charge is -2.44. The lowest BCUT2D eigenvalue weighted by Crippen LogP contribution is -2.61. The van der Waals surface area contributed by atoms with Crippen LogP contribution in [0.5, 0.6) is 0 Å². The van der Waals surface area contributed by atoms with Gasteiger partial charge in [-0.15, -0.1) is 0 Å². The van der Waals surface area contributed by atoms with Gasteiger partial charge in [0.25, 0.3) is 0 Å². The van der Waals surface area contributed by atoms with Gasteiger partial charge in [0.1, 0.15) is 0 Å². The first kappa shape index (κ1) is 22.1. The van der Waals surface area contributed by atoms with Crippen LogP contribution in [0, 0.1) is 23.2 Å². The zero-order valence-corrected chi connectivity index (χ0v) is 17.6. The Morgan fingerprint density at radius 1 is 1.22 bits per heavy atom. The predicted octanol–water partition coefficient (Wildman–Crippen LogP) is 2.28. The number of nitrogens with one attached hydrogen (secondary N) is 1. The number of amides is 4. The number of rotatable bonds is 2. The van der Waals surface area contributed by atoms with E-state index in [4.69, 9.17) is 10.00 Å². The van der Waals surface area contributed by atoms with Crippen molar-refractivity contribution in [2.75, 3.05) is 24.5 Å². The van der Waals surface area contributed by atoms with Crippen LogP contribution in [0.1, 0.15) is 31.9 Å². The number of hydrogen-bond acceptors (Lipinski definition) is 5. The fraction of sp³-hybridized carbons (Fsp3) is 0.524. The molecule has 1 N–H and O–H groups in total. The summed E-state index contributed by atoms with van der Waals surface area (Å²) in [6.07, 6.45) is -4.83.